The van der Waals surface area contributed by atoms with Crippen LogP contribution in [0.1, 0.15) is 80.2 Å². The molecule has 0 aliphatic carbocycles. The Kier molecular flexibility index (Phi) is 16.5. The zero-order valence-electron chi connectivity index (χ0n) is 35.7. The molecule has 0 unspecified atom stereocenters. The minimum atomic E-state index is -1.35. The monoisotopic (exact) mass is 837 g/mol. The van der Waals surface area contributed by atoms with Crippen LogP contribution in [0.15, 0.2) is 60.6 Å². The number of hydrogen-bond acceptors (Lipinski definition) is 10. The molecule has 324 valence electrons. The molecule has 3 aliphatic heterocycles. The number of thioether (sulfide) groups is 1. The summed E-state index contributed by atoms with van der Waals surface area (Å²) in [5, 5.41) is 14.8. The van der Waals surface area contributed by atoms with Crippen molar-refractivity contribution in [2.45, 2.75) is 141 Å². The summed E-state index contributed by atoms with van der Waals surface area (Å²) in [6.07, 6.45) is 4.06. The van der Waals surface area contributed by atoms with E-state index in [0.717, 1.165) is 5.56 Å². The fourth-order valence-electron chi connectivity index (χ4n) is 6.95. The lowest BCUT2D eigenvalue weighted by atomic mass is 9.97. The molecule has 3 heterocycles. The number of ether oxygens (including phenoxy) is 2. The Labute approximate surface area is 352 Å². The summed E-state index contributed by atoms with van der Waals surface area (Å²) >= 11 is 1.33. The lowest BCUT2D eigenvalue weighted by molar-refractivity contribution is -0.142. The average Bonchev–Trinajstić information content (AvgIpc) is 3.91. The molecule has 16 heteroatoms. The lowest BCUT2D eigenvalue weighted by Crippen LogP contribution is -2.62. The Morgan fingerprint density at radius 2 is 1.47 bits per heavy atom. The number of aliphatic imine (C=N–C) groups is 1. The molecule has 15 nitrogen and oxygen atoms in total. The van der Waals surface area contributed by atoms with Crippen LogP contribution in [0.3, 0.4) is 0 Å². The number of hydrogen-bond donors (Lipinski definition) is 5. The zero-order chi connectivity index (χ0) is 43.7. The van der Waals surface area contributed by atoms with Crippen LogP contribution in [-0.2, 0) is 44.7 Å². The highest BCUT2D eigenvalue weighted by atomic mass is 32.2. The first-order valence-electron chi connectivity index (χ1n) is 20.4. The van der Waals surface area contributed by atoms with Crippen LogP contribution >= 0.6 is 11.8 Å². The second kappa shape index (κ2) is 20.6. The first-order valence-corrected chi connectivity index (χ1v) is 21.4. The van der Waals surface area contributed by atoms with Crippen molar-refractivity contribution in [2.75, 3.05) is 18.9 Å². The smallest absolute Gasteiger partial charge is 0.246 e. The van der Waals surface area contributed by atoms with Gasteiger partial charge in [0, 0.05) is 12.3 Å². The van der Waals surface area contributed by atoms with Crippen molar-refractivity contribution in [1.82, 2.24) is 31.5 Å². The van der Waals surface area contributed by atoms with Gasteiger partial charge in [-0.3, -0.25) is 33.8 Å². The van der Waals surface area contributed by atoms with E-state index in [1.54, 1.807) is 60.6 Å². The molecule has 9 atom stereocenters. The topological polar surface area (TPSA) is 197 Å². The van der Waals surface area contributed by atoms with Crippen molar-refractivity contribution in [3.05, 3.63) is 61.2 Å². The van der Waals surface area contributed by atoms with Crippen LogP contribution in [-0.4, -0.2) is 124 Å². The summed E-state index contributed by atoms with van der Waals surface area (Å²) in [5.41, 5.74) is -0.870. The minimum absolute atomic E-state index is 0.238. The molecule has 1 fully saturated rings. The molecule has 1 aromatic rings. The van der Waals surface area contributed by atoms with Gasteiger partial charge in [0.15, 0.2) is 0 Å². The number of fused-ring (bicyclic) bond motifs is 2. The number of amides is 6. The van der Waals surface area contributed by atoms with Gasteiger partial charge in [0.05, 0.1) is 35.0 Å². The van der Waals surface area contributed by atoms with Gasteiger partial charge in [-0.2, -0.15) is 0 Å². The summed E-state index contributed by atoms with van der Waals surface area (Å²) in [7, 11) is 0. The van der Waals surface area contributed by atoms with Gasteiger partial charge in [-0.05, 0) is 72.3 Å². The van der Waals surface area contributed by atoms with E-state index in [4.69, 9.17) is 14.5 Å². The van der Waals surface area contributed by atoms with Crippen LogP contribution < -0.4 is 26.6 Å². The molecule has 6 amide bonds. The molecular formula is C43H63N7O8S. The van der Waals surface area contributed by atoms with E-state index in [9.17, 15) is 28.8 Å². The molecule has 3 aliphatic rings. The summed E-state index contributed by atoms with van der Waals surface area (Å²) < 4.78 is 12.2. The Hall–Kier alpha value is -4.54. The van der Waals surface area contributed by atoms with Crippen molar-refractivity contribution in [3.8, 4) is 0 Å². The molecular weight excluding hydrogens is 775 g/mol. The Morgan fingerprint density at radius 3 is 2.12 bits per heavy atom. The Bertz CT molecular complexity index is 1750. The molecule has 59 heavy (non-hydrogen) atoms. The van der Waals surface area contributed by atoms with Gasteiger partial charge >= 0.3 is 0 Å². The van der Waals surface area contributed by atoms with E-state index in [1.165, 1.54) is 16.7 Å². The van der Waals surface area contributed by atoms with Crippen molar-refractivity contribution in [3.63, 3.8) is 0 Å². The van der Waals surface area contributed by atoms with Crippen LogP contribution in [0.25, 0.3) is 0 Å². The second-order valence-electron chi connectivity index (χ2n) is 16.6. The van der Waals surface area contributed by atoms with Crippen molar-refractivity contribution < 1.29 is 38.2 Å². The SMILES string of the molecule is C=CC(C)(C)OC[C@H]1NC(=O)[C@H]([C@@H](C)OC(C)(C)C=C)NC(=O)[C@@H]2CSC(=N2)[C@@H](Cc2ccccc2)NC(=O)[C@@H]2CCCN2C(=O)[C@H](C)NC(=O)[C@H]([C@@H](C)CC)NC1=O. The maximum Gasteiger partial charge on any atom is 0.246 e. The molecule has 0 spiro atoms. The van der Waals surface area contributed by atoms with Gasteiger partial charge in [-0.25, -0.2) is 0 Å². The zero-order valence-corrected chi connectivity index (χ0v) is 36.5. The minimum Gasteiger partial charge on any atom is -0.369 e. The van der Waals surface area contributed by atoms with Crippen molar-refractivity contribution >= 4 is 52.2 Å². The maximum absolute atomic E-state index is 14.4. The lowest BCUT2D eigenvalue weighted by Gasteiger charge is -2.33. The third kappa shape index (κ3) is 12.7. The highest BCUT2D eigenvalue weighted by Gasteiger charge is 2.41. The quantitative estimate of drug-likeness (QED) is 0.197. The van der Waals surface area contributed by atoms with Gasteiger partial charge in [0.1, 0.15) is 36.3 Å². The molecule has 4 rings (SSSR count). The average molecular weight is 838 g/mol. The molecule has 0 aromatic heterocycles. The molecule has 1 saturated heterocycles. The van der Waals surface area contributed by atoms with Crippen molar-refractivity contribution in [2.24, 2.45) is 10.9 Å². The molecule has 2 bridgehead atoms. The van der Waals surface area contributed by atoms with E-state index in [-0.39, 0.29) is 18.3 Å². The van der Waals surface area contributed by atoms with E-state index in [2.05, 4.69) is 39.7 Å². The van der Waals surface area contributed by atoms with E-state index in [0.29, 0.717) is 37.3 Å². The summed E-state index contributed by atoms with van der Waals surface area (Å²) in [4.78, 5) is 90.9. The van der Waals surface area contributed by atoms with Gasteiger partial charge in [-0.1, -0.05) is 62.8 Å². The molecule has 1 aromatic carbocycles. The summed E-state index contributed by atoms with van der Waals surface area (Å²) in [5.74, 6) is -3.61. The number of carbonyl (C=O) groups is 6. The number of rotatable bonds is 12. The number of nitrogens with zero attached hydrogens (tertiary/aromatic N) is 2. The van der Waals surface area contributed by atoms with E-state index in [1.807, 2.05) is 37.3 Å². The first kappa shape index (κ1) is 47.1. The number of nitrogens with one attached hydrogen (secondary N) is 5. The Morgan fingerprint density at radius 1 is 0.847 bits per heavy atom. The predicted octanol–water partition coefficient (Wildman–Crippen LogP) is 2.59. The van der Waals surface area contributed by atoms with Gasteiger partial charge < -0.3 is 41.0 Å². The fraction of sp³-hybridized carbons (Fsp3) is 0.605. The largest absolute Gasteiger partial charge is 0.369 e. The van der Waals surface area contributed by atoms with Gasteiger partial charge in [-0.15, -0.1) is 24.9 Å². The third-order valence-electron chi connectivity index (χ3n) is 11.0. The fourth-order valence-corrected chi connectivity index (χ4v) is 8.05. The van der Waals surface area contributed by atoms with E-state index < -0.39 is 95.1 Å². The first-order chi connectivity index (χ1) is 27.8. The van der Waals surface area contributed by atoms with Gasteiger partial charge in [0.2, 0.25) is 35.4 Å². The summed E-state index contributed by atoms with van der Waals surface area (Å²) in [6, 6.07) is 2.39. The summed E-state index contributed by atoms with van der Waals surface area (Å²) in [6.45, 7) is 21.5. The second-order valence-corrected chi connectivity index (χ2v) is 17.7. The normalized spacial score (nSPS) is 27.8. The van der Waals surface area contributed by atoms with Crippen LogP contribution in [0.2, 0.25) is 0 Å². The standard InChI is InChI=1S/C43H63N7O8S/c1-11-25(4)33-38(54)44-26(5)41(56)50-21-17-20-32(50)37(53)45-29(22-28-18-15-14-16-19-28)40-47-31(24-59-40)36(52)49-34(27(6)58-43(9,10)13-3)39(55)46-30(35(51)48-33)23-57-42(7,8)12-2/h12-16,18-19,25-27,29-34H,2-3,11,17,20-24H2,1,4-10H3,(H,44,54)(H,45,53)(H,46,55)(H,48,51)(H,49,52)/t25-,26-,27+,29+,30+,31-,32-,33-,34-/m0/s1. The van der Waals surface area contributed by atoms with E-state index >= 15 is 0 Å². The van der Waals surface area contributed by atoms with Crippen molar-refractivity contribution in [1.29, 1.82) is 0 Å². The number of benzene rings is 1. The van der Waals surface area contributed by atoms with Crippen LogP contribution in [0.5, 0.6) is 0 Å². The number of carbonyl (C=O) groups excluding carboxylic acids is 6. The molecule has 0 radical (unpaired) electrons. The molecule has 5 N–H and O–H groups in total. The highest BCUT2D eigenvalue weighted by Crippen LogP contribution is 2.25. The maximum atomic E-state index is 14.4. The van der Waals surface area contributed by atoms with Crippen LogP contribution in [0.4, 0.5) is 0 Å². The Balaban J connectivity index is 1.79. The highest BCUT2D eigenvalue weighted by molar-refractivity contribution is 8.14. The third-order valence-corrected chi connectivity index (χ3v) is 12.2. The van der Waals surface area contributed by atoms with Crippen LogP contribution in [0, 0.1) is 5.92 Å². The predicted molar refractivity (Wildman–Crippen MR) is 228 cm³/mol. The van der Waals surface area contributed by atoms with Gasteiger partial charge in [0.25, 0.3) is 0 Å². The molecule has 0 saturated carbocycles.